The van der Waals surface area contributed by atoms with Gasteiger partial charge in [0.1, 0.15) is 23.0 Å². The fourth-order valence-electron chi connectivity index (χ4n) is 1.67. The van der Waals surface area contributed by atoms with Crippen molar-refractivity contribution in [3.8, 4) is 0 Å². The zero-order chi connectivity index (χ0) is 14.0. The molecule has 0 fully saturated rings. The van der Waals surface area contributed by atoms with E-state index in [4.69, 9.17) is 9.52 Å². The predicted octanol–water partition coefficient (Wildman–Crippen LogP) is 0.292. The lowest BCUT2D eigenvalue weighted by Crippen LogP contribution is -2.23. The lowest BCUT2D eigenvalue weighted by Gasteiger charge is -2.03. The molecule has 2 N–H and O–H groups in total. The van der Waals surface area contributed by atoms with Crippen LogP contribution in [0.1, 0.15) is 17.2 Å². The van der Waals surface area contributed by atoms with Crippen LogP contribution in [0.4, 0.5) is 0 Å². The molecular formula is C11H15N3O4S. The van der Waals surface area contributed by atoms with Gasteiger partial charge in [-0.3, -0.25) is 4.68 Å². The van der Waals surface area contributed by atoms with E-state index in [-0.39, 0.29) is 29.6 Å². The summed E-state index contributed by atoms with van der Waals surface area (Å²) in [5.74, 6) is 0.466. The second-order valence-corrected chi connectivity index (χ2v) is 5.83. The summed E-state index contributed by atoms with van der Waals surface area (Å²) in [5, 5.41) is 13.0. The number of hydrogen-bond donors (Lipinski definition) is 2. The summed E-state index contributed by atoms with van der Waals surface area (Å²) < 4.78 is 33.3. The van der Waals surface area contributed by atoms with Crippen LogP contribution >= 0.6 is 0 Å². The van der Waals surface area contributed by atoms with Gasteiger partial charge in [0.25, 0.3) is 0 Å². The van der Waals surface area contributed by atoms with Gasteiger partial charge in [-0.05, 0) is 13.0 Å². The predicted molar refractivity (Wildman–Crippen MR) is 66.6 cm³/mol. The fraction of sp³-hybridized carbons (Fsp3) is 0.364. The van der Waals surface area contributed by atoms with E-state index in [1.165, 1.54) is 13.0 Å². The molecule has 2 heterocycles. The average Bonchev–Trinajstić information content (AvgIpc) is 2.93. The van der Waals surface area contributed by atoms with Crippen LogP contribution in [0.25, 0.3) is 0 Å². The number of aryl methyl sites for hydroxylation is 2. The summed E-state index contributed by atoms with van der Waals surface area (Å²) in [4.78, 5) is 0.0347. The molecule has 2 aromatic heterocycles. The molecule has 8 heteroatoms. The van der Waals surface area contributed by atoms with Crippen LogP contribution in [0.5, 0.6) is 0 Å². The molecule has 0 amide bonds. The van der Waals surface area contributed by atoms with E-state index in [9.17, 15) is 8.42 Å². The number of nitrogens with one attached hydrogen (secondary N) is 1. The standard InChI is InChI=1S/C11H15N3O4S/c1-8-11(5-10(7-15)18-8)19(16,17)12-6-9-3-4-14(2)13-9/h3-5,12,15H,6-7H2,1-2H3. The molecule has 0 spiro atoms. The maximum Gasteiger partial charge on any atom is 0.244 e. The van der Waals surface area contributed by atoms with Crippen LogP contribution in [0.15, 0.2) is 27.6 Å². The topological polar surface area (TPSA) is 97.4 Å². The molecule has 0 aliphatic rings. The molecule has 0 unspecified atom stereocenters. The van der Waals surface area contributed by atoms with Crippen LogP contribution in [-0.2, 0) is 30.2 Å². The average molecular weight is 285 g/mol. The Hall–Kier alpha value is -1.64. The zero-order valence-electron chi connectivity index (χ0n) is 10.6. The number of sulfonamides is 1. The maximum atomic E-state index is 12.1. The minimum absolute atomic E-state index is 0.0347. The van der Waals surface area contributed by atoms with E-state index in [0.29, 0.717) is 5.69 Å². The first-order valence-electron chi connectivity index (χ1n) is 5.61. The van der Waals surface area contributed by atoms with Crippen molar-refractivity contribution < 1.29 is 17.9 Å². The third-order valence-corrected chi connectivity index (χ3v) is 4.09. The van der Waals surface area contributed by atoms with Crippen molar-refractivity contribution in [1.29, 1.82) is 0 Å². The van der Waals surface area contributed by atoms with Crippen molar-refractivity contribution in [3.05, 3.63) is 35.5 Å². The second-order valence-electron chi connectivity index (χ2n) is 4.10. The Labute approximate surface area is 110 Å². The third-order valence-electron chi connectivity index (χ3n) is 2.58. The molecule has 0 aliphatic carbocycles. The Balaban J connectivity index is 2.15. The highest BCUT2D eigenvalue weighted by Gasteiger charge is 2.21. The normalized spacial score (nSPS) is 11.9. The van der Waals surface area contributed by atoms with Gasteiger partial charge in [-0.1, -0.05) is 0 Å². The van der Waals surface area contributed by atoms with Crippen molar-refractivity contribution in [2.75, 3.05) is 0 Å². The Kier molecular flexibility index (Phi) is 3.74. The molecule has 0 bridgehead atoms. The molecule has 104 valence electrons. The van der Waals surface area contributed by atoms with Crippen molar-refractivity contribution >= 4 is 10.0 Å². The molecule has 0 saturated heterocycles. The number of rotatable bonds is 5. The number of aliphatic hydroxyl groups is 1. The lowest BCUT2D eigenvalue weighted by molar-refractivity contribution is 0.244. The first-order valence-corrected chi connectivity index (χ1v) is 7.09. The highest BCUT2D eigenvalue weighted by molar-refractivity contribution is 7.89. The molecule has 0 atom stereocenters. The number of nitrogens with zero attached hydrogens (tertiary/aromatic N) is 2. The molecular weight excluding hydrogens is 270 g/mol. The minimum atomic E-state index is -3.67. The highest BCUT2D eigenvalue weighted by Crippen LogP contribution is 2.20. The maximum absolute atomic E-state index is 12.1. The summed E-state index contributed by atoms with van der Waals surface area (Å²) in [5.41, 5.74) is 0.620. The van der Waals surface area contributed by atoms with Gasteiger partial charge in [0, 0.05) is 19.3 Å². The van der Waals surface area contributed by atoms with E-state index >= 15 is 0 Å². The van der Waals surface area contributed by atoms with E-state index in [1.807, 2.05) is 0 Å². The molecule has 0 saturated carbocycles. The number of furan rings is 1. The smallest absolute Gasteiger partial charge is 0.244 e. The Morgan fingerprint density at radius 1 is 1.53 bits per heavy atom. The van der Waals surface area contributed by atoms with Gasteiger partial charge in [-0.25, -0.2) is 13.1 Å². The van der Waals surface area contributed by atoms with Crippen LogP contribution < -0.4 is 4.72 Å². The first-order chi connectivity index (χ1) is 8.92. The zero-order valence-corrected chi connectivity index (χ0v) is 11.4. The first kappa shape index (κ1) is 13.8. The molecule has 2 aromatic rings. The van der Waals surface area contributed by atoms with Crippen molar-refractivity contribution in [2.24, 2.45) is 7.05 Å². The van der Waals surface area contributed by atoms with Crippen LogP contribution in [0, 0.1) is 6.92 Å². The summed E-state index contributed by atoms with van der Waals surface area (Å²) in [6.07, 6.45) is 1.73. The molecule has 2 rings (SSSR count). The third kappa shape index (κ3) is 3.03. The van der Waals surface area contributed by atoms with E-state index in [2.05, 4.69) is 9.82 Å². The SMILES string of the molecule is Cc1oc(CO)cc1S(=O)(=O)NCc1ccn(C)n1. The number of hydrogen-bond acceptors (Lipinski definition) is 5. The second kappa shape index (κ2) is 5.16. The summed E-state index contributed by atoms with van der Waals surface area (Å²) >= 11 is 0. The van der Waals surface area contributed by atoms with Gasteiger partial charge in [0.05, 0.1) is 12.2 Å². The van der Waals surface area contributed by atoms with Gasteiger partial charge in [0.15, 0.2) is 0 Å². The van der Waals surface area contributed by atoms with Gasteiger partial charge in [0.2, 0.25) is 10.0 Å². The highest BCUT2D eigenvalue weighted by atomic mass is 32.2. The van der Waals surface area contributed by atoms with Crippen molar-refractivity contribution in [1.82, 2.24) is 14.5 Å². The monoisotopic (exact) mass is 285 g/mol. The molecule has 7 nitrogen and oxygen atoms in total. The molecule has 19 heavy (non-hydrogen) atoms. The van der Waals surface area contributed by atoms with Crippen molar-refractivity contribution in [2.45, 2.75) is 25.0 Å². The summed E-state index contributed by atoms with van der Waals surface area (Å²) in [6.45, 7) is 1.30. The Bertz CT molecular complexity index is 672. The Morgan fingerprint density at radius 3 is 2.79 bits per heavy atom. The van der Waals surface area contributed by atoms with E-state index in [0.717, 1.165) is 0 Å². The van der Waals surface area contributed by atoms with Crippen LogP contribution in [0.3, 0.4) is 0 Å². The molecule has 0 aliphatic heterocycles. The Morgan fingerprint density at radius 2 is 2.26 bits per heavy atom. The van der Waals surface area contributed by atoms with E-state index in [1.54, 1.807) is 24.0 Å². The quantitative estimate of drug-likeness (QED) is 0.823. The number of aliphatic hydroxyl groups excluding tert-OH is 1. The molecule has 0 aromatic carbocycles. The summed E-state index contributed by atoms with van der Waals surface area (Å²) in [6, 6.07) is 3.04. The van der Waals surface area contributed by atoms with Crippen LogP contribution in [-0.4, -0.2) is 23.3 Å². The largest absolute Gasteiger partial charge is 0.462 e. The number of aromatic nitrogens is 2. The van der Waals surface area contributed by atoms with Crippen LogP contribution in [0.2, 0.25) is 0 Å². The molecule has 0 radical (unpaired) electrons. The van der Waals surface area contributed by atoms with Gasteiger partial charge < -0.3 is 9.52 Å². The van der Waals surface area contributed by atoms with E-state index < -0.39 is 10.0 Å². The van der Waals surface area contributed by atoms with Gasteiger partial charge >= 0.3 is 0 Å². The van der Waals surface area contributed by atoms with Gasteiger partial charge in [-0.15, -0.1) is 0 Å². The fourth-order valence-corrected chi connectivity index (χ4v) is 2.87. The van der Waals surface area contributed by atoms with Crippen molar-refractivity contribution in [3.63, 3.8) is 0 Å². The minimum Gasteiger partial charge on any atom is -0.462 e. The summed E-state index contributed by atoms with van der Waals surface area (Å²) in [7, 11) is -1.92. The lowest BCUT2D eigenvalue weighted by atomic mass is 10.4. The van der Waals surface area contributed by atoms with Gasteiger partial charge in [-0.2, -0.15) is 5.10 Å².